The Morgan fingerprint density at radius 1 is 1.41 bits per heavy atom. The fourth-order valence-corrected chi connectivity index (χ4v) is 3.07. The van der Waals surface area contributed by atoms with Gasteiger partial charge in [0, 0.05) is 19.5 Å². The van der Waals surface area contributed by atoms with Crippen LogP contribution in [-0.4, -0.2) is 51.7 Å². The van der Waals surface area contributed by atoms with E-state index in [1.54, 1.807) is 6.26 Å². The molecule has 0 aliphatic carbocycles. The zero-order valence-electron chi connectivity index (χ0n) is 12.7. The van der Waals surface area contributed by atoms with Crippen molar-refractivity contribution in [2.75, 3.05) is 32.4 Å². The van der Waals surface area contributed by atoms with Crippen molar-refractivity contribution < 1.29 is 17.6 Å². The molecular weight excluding hydrogens is 306 g/mol. The first kappa shape index (κ1) is 17.0. The maximum atomic E-state index is 11.8. The molecule has 7 nitrogen and oxygen atoms in total. The van der Waals surface area contributed by atoms with Crippen LogP contribution in [0.5, 0.6) is 0 Å². The van der Waals surface area contributed by atoms with Crippen LogP contribution in [0, 0.1) is 0 Å². The maximum Gasteiger partial charge on any atom is 0.221 e. The Bertz CT molecular complexity index is 565. The van der Waals surface area contributed by atoms with Crippen molar-refractivity contribution in [2.45, 2.75) is 25.3 Å². The minimum atomic E-state index is -3.25. The van der Waals surface area contributed by atoms with Crippen LogP contribution < -0.4 is 10.0 Å². The number of sulfonamides is 1. The van der Waals surface area contributed by atoms with Crippen LogP contribution >= 0.6 is 0 Å². The van der Waals surface area contributed by atoms with Crippen LogP contribution in [0.3, 0.4) is 0 Å². The Morgan fingerprint density at radius 3 is 2.73 bits per heavy atom. The first-order valence-corrected chi connectivity index (χ1v) is 9.33. The summed E-state index contributed by atoms with van der Waals surface area (Å²) in [4.78, 5) is 14.1. The highest BCUT2D eigenvalue weighted by Crippen LogP contribution is 2.24. The van der Waals surface area contributed by atoms with Gasteiger partial charge in [-0.15, -0.1) is 0 Å². The number of rotatable bonds is 8. The summed E-state index contributed by atoms with van der Waals surface area (Å²) in [6.07, 6.45) is 5.15. The van der Waals surface area contributed by atoms with Gasteiger partial charge in [-0.2, -0.15) is 0 Å². The van der Waals surface area contributed by atoms with Crippen LogP contribution in [0.25, 0.3) is 0 Å². The van der Waals surface area contributed by atoms with Crippen molar-refractivity contribution in [1.82, 2.24) is 14.9 Å². The second-order valence-corrected chi connectivity index (χ2v) is 7.33. The summed E-state index contributed by atoms with van der Waals surface area (Å²) in [7, 11) is -3.25. The summed E-state index contributed by atoms with van der Waals surface area (Å²) >= 11 is 0. The zero-order valence-corrected chi connectivity index (χ0v) is 13.6. The molecule has 0 bridgehead atoms. The molecule has 2 heterocycles. The summed E-state index contributed by atoms with van der Waals surface area (Å²) in [5.74, 6) is 0.670. The Balaban J connectivity index is 1.82. The predicted molar refractivity (Wildman–Crippen MR) is 82.7 cm³/mol. The number of carbonyl (C=O) groups is 1. The first-order chi connectivity index (χ1) is 10.5. The van der Waals surface area contributed by atoms with Crippen LogP contribution in [0.15, 0.2) is 22.8 Å². The molecule has 0 saturated carbocycles. The van der Waals surface area contributed by atoms with Crippen molar-refractivity contribution in [1.29, 1.82) is 0 Å². The quantitative estimate of drug-likeness (QED) is 0.723. The van der Waals surface area contributed by atoms with Crippen molar-refractivity contribution >= 4 is 15.9 Å². The molecule has 22 heavy (non-hydrogen) atoms. The normalized spacial score (nSPS) is 17.5. The van der Waals surface area contributed by atoms with Gasteiger partial charge in [-0.25, -0.2) is 13.1 Å². The SMILES string of the molecule is CS(=O)(=O)NCCC(=O)NC[C@H](c1ccco1)N1CCCC1. The second kappa shape index (κ2) is 7.75. The maximum absolute atomic E-state index is 11.8. The van der Waals surface area contributed by atoms with E-state index in [2.05, 4.69) is 14.9 Å². The molecule has 0 spiro atoms. The third-order valence-corrected chi connectivity index (χ3v) is 4.39. The molecule has 1 amide bonds. The molecule has 8 heteroatoms. The summed E-state index contributed by atoms with van der Waals surface area (Å²) < 4.78 is 29.7. The van der Waals surface area contributed by atoms with E-state index < -0.39 is 10.0 Å². The highest BCUT2D eigenvalue weighted by atomic mass is 32.2. The molecule has 1 atom stereocenters. The fraction of sp³-hybridized carbons (Fsp3) is 0.643. The number of amides is 1. The number of nitrogens with zero attached hydrogens (tertiary/aromatic N) is 1. The van der Waals surface area contributed by atoms with E-state index >= 15 is 0 Å². The summed E-state index contributed by atoms with van der Waals surface area (Å²) in [5, 5.41) is 2.86. The van der Waals surface area contributed by atoms with Gasteiger partial charge >= 0.3 is 0 Å². The molecule has 0 unspecified atom stereocenters. The minimum absolute atomic E-state index is 0.0318. The predicted octanol–water partition coefficient (Wildman–Crippen LogP) is 0.472. The third kappa shape index (κ3) is 5.43. The van der Waals surface area contributed by atoms with E-state index in [0.29, 0.717) is 6.54 Å². The standard InChI is InChI=1S/C14H23N3O4S/c1-22(19,20)16-7-6-14(18)15-11-12(13-5-4-10-21-13)17-8-2-3-9-17/h4-5,10,12,16H,2-3,6-9,11H2,1H3,(H,15,18)/t12-/m1/s1. The summed E-state index contributed by atoms with van der Waals surface area (Å²) in [6, 6.07) is 3.79. The fourth-order valence-electron chi connectivity index (χ4n) is 2.59. The lowest BCUT2D eigenvalue weighted by atomic mass is 10.2. The molecule has 2 N–H and O–H groups in total. The Hall–Kier alpha value is -1.38. The van der Waals surface area contributed by atoms with Gasteiger partial charge in [0.1, 0.15) is 5.76 Å². The molecule has 1 fully saturated rings. The van der Waals surface area contributed by atoms with Crippen molar-refractivity contribution in [3.8, 4) is 0 Å². The summed E-state index contributed by atoms with van der Waals surface area (Å²) in [5.41, 5.74) is 0. The molecule has 1 aliphatic heterocycles. The van der Waals surface area contributed by atoms with Gasteiger partial charge in [0.25, 0.3) is 0 Å². The van der Waals surface area contributed by atoms with Crippen molar-refractivity contribution in [2.24, 2.45) is 0 Å². The Kier molecular flexibility index (Phi) is 5.98. The smallest absolute Gasteiger partial charge is 0.221 e. The van der Waals surface area contributed by atoms with E-state index in [4.69, 9.17) is 4.42 Å². The van der Waals surface area contributed by atoms with Gasteiger partial charge < -0.3 is 9.73 Å². The first-order valence-electron chi connectivity index (χ1n) is 7.44. The average Bonchev–Trinajstić information content (AvgIpc) is 3.10. The molecule has 1 aromatic heterocycles. The van der Waals surface area contributed by atoms with E-state index in [9.17, 15) is 13.2 Å². The minimum Gasteiger partial charge on any atom is -0.468 e. The monoisotopic (exact) mass is 329 g/mol. The van der Waals surface area contributed by atoms with Crippen LogP contribution in [0.2, 0.25) is 0 Å². The molecule has 1 aromatic rings. The number of hydrogen-bond donors (Lipinski definition) is 2. The lowest BCUT2D eigenvalue weighted by Gasteiger charge is -2.26. The lowest BCUT2D eigenvalue weighted by Crippen LogP contribution is -2.37. The van der Waals surface area contributed by atoms with Gasteiger partial charge in [0.2, 0.25) is 15.9 Å². The number of likely N-dealkylation sites (tertiary alicyclic amines) is 1. The number of hydrogen-bond acceptors (Lipinski definition) is 5. The molecule has 1 aliphatic rings. The van der Waals surface area contributed by atoms with E-state index in [0.717, 1.165) is 37.9 Å². The topological polar surface area (TPSA) is 91.6 Å². The van der Waals surface area contributed by atoms with Crippen LogP contribution in [0.1, 0.15) is 31.1 Å². The molecule has 2 rings (SSSR count). The lowest BCUT2D eigenvalue weighted by molar-refractivity contribution is -0.121. The van der Waals surface area contributed by atoms with E-state index in [-0.39, 0.29) is 24.9 Å². The number of furan rings is 1. The van der Waals surface area contributed by atoms with Crippen LogP contribution in [0.4, 0.5) is 0 Å². The van der Waals surface area contributed by atoms with E-state index in [1.807, 2.05) is 12.1 Å². The van der Waals surface area contributed by atoms with Crippen molar-refractivity contribution in [3.63, 3.8) is 0 Å². The zero-order chi connectivity index (χ0) is 16.0. The second-order valence-electron chi connectivity index (χ2n) is 5.49. The molecule has 0 radical (unpaired) electrons. The van der Waals surface area contributed by atoms with Gasteiger partial charge in [-0.3, -0.25) is 9.69 Å². The summed E-state index contributed by atoms with van der Waals surface area (Å²) in [6.45, 7) is 2.57. The highest BCUT2D eigenvalue weighted by molar-refractivity contribution is 7.88. The van der Waals surface area contributed by atoms with Gasteiger partial charge in [0.15, 0.2) is 0 Å². The largest absolute Gasteiger partial charge is 0.468 e. The van der Waals surface area contributed by atoms with Crippen molar-refractivity contribution in [3.05, 3.63) is 24.2 Å². The van der Waals surface area contributed by atoms with Gasteiger partial charge in [-0.05, 0) is 38.1 Å². The number of nitrogens with one attached hydrogen (secondary N) is 2. The Morgan fingerprint density at radius 2 is 2.14 bits per heavy atom. The average molecular weight is 329 g/mol. The van der Waals surface area contributed by atoms with Gasteiger partial charge in [0.05, 0.1) is 18.6 Å². The Labute approximate surface area is 131 Å². The van der Waals surface area contributed by atoms with E-state index in [1.165, 1.54) is 0 Å². The molecule has 124 valence electrons. The van der Waals surface area contributed by atoms with Gasteiger partial charge in [-0.1, -0.05) is 0 Å². The highest BCUT2D eigenvalue weighted by Gasteiger charge is 2.25. The number of carbonyl (C=O) groups excluding carboxylic acids is 1. The molecule has 0 aromatic carbocycles. The van der Waals surface area contributed by atoms with Crippen LogP contribution in [-0.2, 0) is 14.8 Å². The third-order valence-electron chi connectivity index (χ3n) is 3.66. The molecular formula is C14H23N3O4S. The molecule has 1 saturated heterocycles.